The largest absolute Gasteiger partial charge is 0.472 e. The molecule has 0 aliphatic heterocycles. The lowest BCUT2D eigenvalue weighted by atomic mass is 10.1. The number of rotatable bonds is 46. The molecule has 0 fully saturated rings. The number of esters is 2. The molecule has 0 rings (SSSR count). The van der Waals surface area contributed by atoms with Gasteiger partial charge in [-0.1, -0.05) is 201 Å². The van der Waals surface area contributed by atoms with E-state index in [9.17, 15) is 19.0 Å². The number of phosphoric acid groups is 1. The number of likely N-dealkylation sites (N-methyl/N-ethyl adjacent to an activating group) is 1. The maximum Gasteiger partial charge on any atom is 0.472 e. The third-order valence-electron chi connectivity index (χ3n) is 10.6. The molecule has 0 aromatic carbocycles. The number of carbonyl (C=O) groups excluding carboxylic acids is 2. The lowest BCUT2D eigenvalue weighted by Crippen LogP contribution is -2.37. The Morgan fingerprint density at radius 3 is 1.29 bits per heavy atom. The summed E-state index contributed by atoms with van der Waals surface area (Å²) in [6.07, 6.45) is 63.2. The van der Waals surface area contributed by atoms with E-state index in [4.69, 9.17) is 18.5 Å². The van der Waals surface area contributed by atoms with Crippen LogP contribution in [0.4, 0.5) is 0 Å². The summed E-state index contributed by atoms with van der Waals surface area (Å²) in [5.74, 6) is -0.821. The molecule has 0 aliphatic carbocycles. The van der Waals surface area contributed by atoms with Gasteiger partial charge in [-0.25, -0.2) is 4.57 Å². The molecule has 0 bridgehead atoms. The molecule has 10 heteroatoms. The molecule has 2 unspecified atom stereocenters. The summed E-state index contributed by atoms with van der Waals surface area (Å²) >= 11 is 0. The van der Waals surface area contributed by atoms with E-state index in [2.05, 4.69) is 111 Å². The van der Waals surface area contributed by atoms with E-state index >= 15 is 0 Å². The molecule has 0 spiro atoms. The lowest BCUT2D eigenvalue weighted by Gasteiger charge is -2.24. The van der Waals surface area contributed by atoms with Crippen molar-refractivity contribution in [1.82, 2.24) is 0 Å². The maximum atomic E-state index is 12.7. The molecule has 0 aromatic rings. The molecular weight excluding hydrogens is 846 g/mol. The SMILES string of the molecule is CC/C=C\C/C=C\C/C=C\C/C=C\C/C=C\C/C=C\C/C=C\C/C=C\CCCCCCCCC(=O)OC(COC(=O)CCCCCCCCCCCCC)COP(=O)(O)OCC[N+](C)(C)C. The number of phosphoric ester groups is 1. The summed E-state index contributed by atoms with van der Waals surface area (Å²) in [5.41, 5.74) is 0. The smallest absolute Gasteiger partial charge is 0.462 e. The number of hydrogen-bond donors (Lipinski definition) is 1. The minimum atomic E-state index is -4.39. The normalized spacial score (nSPS) is 14.2. The minimum absolute atomic E-state index is 0.0246. The minimum Gasteiger partial charge on any atom is -0.462 e. The van der Waals surface area contributed by atoms with Crippen molar-refractivity contribution in [2.75, 3.05) is 47.5 Å². The number of quaternary nitrogens is 1. The van der Waals surface area contributed by atoms with Crippen molar-refractivity contribution in [1.29, 1.82) is 0 Å². The highest BCUT2D eigenvalue weighted by Crippen LogP contribution is 2.43. The van der Waals surface area contributed by atoms with Gasteiger partial charge in [-0.15, -0.1) is 0 Å². The van der Waals surface area contributed by atoms with Crippen LogP contribution < -0.4 is 0 Å². The highest BCUT2D eigenvalue weighted by atomic mass is 31.2. The fraction of sp³-hybridized carbons (Fsp3) is 0.679. The van der Waals surface area contributed by atoms with Crippen LogP contribution in [0, 0.1) is 0 Å². The quantitative estimate of drug-likeness (QED) is 0.0211. The Hall–Kier alpha value is -3.07. The van der Waals surface area contributed by atoms with E-state index < -0.39 is 26.5 Å². The summed E-state index contributed by atoms with van der Waals surface area (Å²) in [6.45, 7) is 4.27. The Labute approximate surface area is 404 Å². The first-order valence-corrected chi connectivity index (χ1v) is 27.5. The van der Waals surface area contributed by atoms with Crippen LogP contribution in [0.25, 0.3) is 0 Å². The maximum absolute atomic E-state index is 12.7. The number of hydrogen-bond acceptors (Lipinski definition) is 7. The molecule has 1 N–H and O–H groups in total. The molecule has 0 amide bonds. The van der Waals surface area contributed by atoms with Crippen molar-refractivity contribution >= 4 is 19.8 Å². The summed E-state index contributed by atoms with van der Waals surface area (Å²) in [6, 6.07) is 0. The zero-order valence-electron chi connectivity index (χ0n) is 42.6. The van der Waals surface area contributed by atoms with Crippen molar-refractivity contribution < 1.29 is 42.1 Å². The Morgan fingerprint density at radius 2 is 0.864 bits per heavy atom. The van der Waals surface area contributed by atoms with Gasteiger partial charge in [0, 0.05) is 12.8 Å². The lowest BCUT2D eigenvalue weighted by molar-refractivity contribution is -0.870. The predicted octanol–water partition coefficient (Wildman–Crippen LogP) is 15.7. The molecule has 0 radical (unpaired) electrons. The van der Waals surface area contributed by atoms with Crippen LogP contribution in [-0.4, -0.2) is 74.9 Å². The zero-order chi connectivity index (χ0) is 48.5. The Bertz CT molecular complexity index is 1440. The van der Waals surface area contributed by atoms with Crippen LogP contribution in [0.5, 0.6) is 0 Å². The average molecular weight is 943 g/mol. The Balaban J connectivity index is 4.22. The number of allylic oxidation sites excluding steroid dienone is 16. The number of unbranched alkanes of at least 4 members (excludes halogenated alkanes) is 16. The topological polar surface area (TPSA) is 108 Å². The first-order valence-electron chi connectivity index (χ1n) is 26.0. The van der Waals surface area contributed by atoms with Crippen LogP contribution in [-0.2, 0) is 32.7 Å². The number of nitrogens with zero attached hydrogens (tertiary/aromatic N) is 1. The van der Waals surface area contributed by atoms with Crippen molar-refractivity contribution in [3.05, 3.63) is 97.2 Å². The van der Waals surface area contributed by atoms with Gasteiger partial charge in [0.1, 0.15) is 19.8 Å². The monoisotopic (exact) mass is 943 g/mol. The van der Waals surface area contributed by atoms with Crippen LogP contribution in [0.2, 0.25) is 0 Å². The van der Waals surface area contributed by atoms with Crippen LogP contribution in [0.1, 0.15) is 194 Å². The molecule has 0 heterocycles. The second kappa shape index (κ2) is 47.0. The number of ether oxygens (including phenoxy) is 2. The predicted molar refractivity (Wildman–Crippen MR) is 279 cm³/mol. The molecule has 9 nitrogen and oxygen atoms in total. The molecular formula is C56H97NO8P+. The van der Waals surface area contributed by atoms with Crippen LogP contribution in [0.3, 0.4) is 0 Å². The zero-order valence-corrected chi connectivity index (χ0v) is 43.5. The average Bonchev–Trinajstić information content (AvgIpc) is 3.27. The Kier molecular flexibility index (Phi) is 44.8. The third kappa shape index (κ3) is 50.3. The van der Waals surface area contributed by atoms with E-state index in [1.54, 1.807) is 0 Å². The van der Waals surface area contributed by atoms with Gasteiger partial charge in [0.25, 0.3) is 0 Å². The molecule has 0 saturated heterocycles. The van der Waals surface area contributed by atoms with Crippen molar-refractivity contribution in [2.45, 2.75) is 200 Å². The molecule has 378 valence electrons. The molecule has 66 heavy (non-hydrogen) atoms. The first-order chi connectivity index (χ1) is 32.0. The first kappa shape index (κ1) is 62.9. The standard InChI is InChI=1S/C56H96NO8P/c1-6-8-10-12-14-16-18-19-20-21-22-23-24-25-26-27-28-29-30-31-32-33-34-35-36-37-39-41-43-45-47-49-56(59)65-54(53-64-66(60,61)63-51-50-57(3,4)5)52-62-55(58)48-46-44-42-40-38-17-15-13-11-9-7-2/h8,10,14,16,19-20,22-23,25-26,28-29,31-32,34-35,54H,6-7,9,11-13,15,17-18,21,24,27,30,33,36-53H2,1-5H3/p+1/b10-8-,16-14-,20-19-,23-22-,26-25-,29-28-,32-31-,35-34-. The summed E-state index contributed by atoms with van der Waals surface area (Å²) in [4.78, 5) is 35.5. The van der Waals surface area contributed by atoms with E-state index in [-0.39, 0.29) is 32.0 Å². The van der Waals surface area contributed by atoms with Gasteiger partial charge in [0.2, 0.25) is 0 Å². The fourth-order valence-corrected chi connectivity index (χ4v) is 7.36. The fourth-order valence-electron chi connectivity index (χ4n) is 6.62. The second-order valence-electron chi connectivity index (χ2n) is 18.2. The van der Waals surface area contributed by atoms with Crippen molar-refractivity contribution in [2.24, 2.45) is 0 Å². The van der Waals surface area contributed by atoms with Crippen LogP contribution in [0.15, 0.2) is 97.2 Å². The third-order valence-corrected chi connectivity index (χ3v) is 11.6. The van der Waals surface area contributed by atoms with Crippen LogP contribution >= 0.6 is 7.82 Å². The second-order valence-corrected chi connectivity index (χ2v) is 19.6. The summed E-state index contributed by atoms with van der Waals surface area (Å²) in [7, 11) is 1.45. The van der Waals surface area contributed by atoms with E-state index in [1.807, 2.05) is 21.1 Å². The van der Waals surface area contributed by atoms with E-state index in [1.165, 1.54) is 51.4 Å². The van der Waals surface area contributed by atoms with Gasteiger partial charge in [-0.05, 0) is 77.0 Å². The molecule has 0 aliphatic rings. The van der Waals surface area contributed by atoms with Gasteiger partial charge in [-0.3, -0.25) is 18.6 Å². The molecule has 0 aromatic heterocycles. The van der Waals surface area contributed by atoms with Gasteiger partial charge in [-0.2, -0.15) is 0 Å². The van der Waals surface area contributed by atoms with Gasteiger partial charge in [0.15, 0.2) is 6.10 Å². The van der Waals surface area contributed by atoms with Gasteiger partial charge >= 0.3 is 19.8 Å². The highest BCUT2D eigenvalue weighted by molar-refractivity contribution is 7.47. The van der Waals surface area contributed by atoms with Crippen molar-refractivity contribution in [3.8, 4) is 0 Å². The highest BCUT2D eigenvalue weighted by Gasteiger charge is 2.27. The van der Waals surface area contributed by atoms with E-state index in [0.29, 0.717) is 17.4 Å². The summed E-state index contributed by atoms with van der Waals surface area (Å²) in [5, 5.41) is 0. The van der Waals surface area contributed by atoms with Gasteiger partial charge < -0.3 is 18.9 Å². The van der Waals surface area contributed by atoms with Crippen molar-refractivity contribution in [3.63, 3.8) is 0 Å². The summed E-state index contributed by atoms with van der Waals surface area (Å²) < 4.78 is 34.4. The number of carbonyl (C=O) groups is 2. The molecule has 0 saturated carbocycles. The van der Waals surface area contributed by atoms with E-state index in [0.717, 1.165) is 109 Å². The molecule has 2 atom stereocenters. The Morgan fingerprint density at radius 1 is 0.485 bits per heavy atom. The van der Waals surface area contributed by atoms with Gasteiger partial charge in [0.05, 0.1) is 27.7 Å².